The Bertz CT molecular complexity index is 984. The Hall–Kier alpha value is -2.78. The van der Waals surface area contributed by atoms with Gasteiger partial charge in [0.2, 0.25) is 0 Å². The Kier molecular flexibility index (Phi) is 3.10. The van der Waals surface area contributed by atoms with E-state index in [2.05, 4.69) is 4.98 Å². The molecule has 0 fully saturated rings. The average Bonchev–Trinajstić information content (AvgIpc) is 2.81. The number of fused-ring (bicyclic) bond motifs is 2. The van der Waals surface area contributed by atoms with Crippen LogP contribution in [0.1, 0.15) is 26.3 Å². The van der Waals surface area contributed by atoms with E-state index in [4.69, 9.17) is 11.6 Å². The number of nitrogens with zero attached hydrogens (tertiary/aromatic N) is 1. The van der Waals surface area contributed by atoms with Crippen LogP contribution in [-0.2, 0) is 0 Å². The van der Waals surface area contributed by atoms with E-state index in [0.29, 0.717) is 16.7 Å². The van der Waals surface area contributed by atoms with Gasteiger partial charge >= 0.3 is 0 Å². The van der Waals surface area contributed by atoms with Gasteiger partial charge in [0.1, 0.15) is 5.15 Å². The molecule has 0 spiro atoms. The van der Waals surface area contributed by atoms with Gasteiger partial charge in [0.15, 0.2) is 11.6 Å². The Morgan fingerprint density at radius 3 is 2.17 bits per heavy atom. The van der Waals surface area contributed by atoms with Crippen LogP contribution in [0.5, 0.6) is 0 Å². The summed E-state index contributed by atoms with van der Waals surface area (Å²) >= 11 is 6.21. The fourth-order valence-electron chi connectivity index (χ4n) is 2.77. The summed E-state index contributed by atoms with van der Waals surface area (Å²) in [5.41, 5.74) is 2.34. The lowest BCUT2D eigenvalue weighted by Crippen LogP contribution is -2.00. The molecule has 2 aromatic carbocycles. The summed E-state index contributed by atoms with van der Waals surface area (Å²) in [5, 5.41) is 1.17. The number of carbonyl (C=O) groups excluding carboxylic acids is 2. The van der Waals surface area contributed by atoms with E-state index in [1.54, 1.807) is 24.3 Å². The largest absolute Gasteiger partial charge is 0.288 e. The number of halogens is 1. The molecule has 0 radical (unpaired) electrons. The van der Waals surface area contributed by atoms with E-state index >= 15 is 0 Å². The van der Waals surface area contributed by atoms with Gasteiger partial charge in [-0.15, -0.1) is 0 Å². The van der Waals surface area contributed by atoms with Crippen molar-refractivity contribution < 1.29 is 9.59 Å². The summed E-state index contributed by atoms with van der Waals surface area (Å²) in [6.45, 7) is 0. The number of carbonyl (C=O) groups is 2. The summed E-state index contributed by atoms with van der Waals surface area (Å²) in [4.78, 5) is 29.2. The van der Waals surface area contributed by atoms with Crippen molar-refractivity contribution in [2.45, 2.75) is 0 Å². The van der Waals surface area contributed by atoms with E-state index in [1.165, 1.54) is 6.08 Å². The van der Waals surface area contributed by atoms with Crippen LogP contribution < -0.4 is 0 Å². The molecule has 0 saturated heterocycles. The summed E-state index contributed by atoms with van der Waals surface area (Å²) in [6.07, 6.45) is 1.53. The van der Waals surface area contributed by atoms with E-state index in [-0.39, 0.29) is 22.3 Å². The number of aromatic nitrogens is 1. The van der Waals surface area contributed by atoms with Crippen molar-refractivity contribution in [3.8, 4) is 0 Å². The van der Waals surface area contributed by atoms with E-state index in [0.717, 1.165) is 10.9 Å². The molecule has 110 valence electrons. The molecule has 3 aromatic rings. The summed E-state index contributed by atoms with van der Waals surface area (Å²) < 4.78 is 0. The fourth-order valence-corrected chi connectivity index (χ4v) is 2.97. The van der Waals surface area contributed by atoms with Crippen LogP contribution in [0.4, 0.5) is 0 Å². The first kappa shape index (κ1) is 13.9. The first-order valence-electron chi connectivity index (χ1n) is 7.10. The molecular formula is C19H10ClNO2. The number of benzene rings is 2. The normalized spacial score (nSPS) is 13.5. The van der Waals surface area contributed by atoms with Crippen LogP contribution >= 0.6 is 11.6 Å². The molecule has 23 heavy (non-hydrogen) atoms. The SMILES string of the molecule is O=C1C(=Cc2cc3ccccc3nc2Cl)C(=O)c2ccccc21. The van der Waals surface area contributed by atoms with Gasteiger partial charge in [-0.05, 0) is 18.2 Å². The van der Waals surface area contributed by atoms with Crippen LogP contribution in [-0.4, -0.2) is 16.6 Å². The number of ketones is 2. The number of Topliss-reactive ketones (excluding diaryl/α,β-unsaturated/α-hetero) is 2. The maximum absolute atomic E-state index is 12.4. The lowest BCUT2D eigenvalue weighted by atomic mass is 10.1. The number of hydrogen-bond acceptors (Lipinski definition) is 3. The Morgan fingerprint density at radius 2 is 1.48 bits per heavy atom. The van der Waals surface area contributed by atoms with Gasteiger partial charge in [-0.25, -0.2) is 4.98 Å². The molecule has 0 unspecified atom stereocenters. The lowest BCUT2D eigenvalue weighted by molar-refractivity contribution is 0.0990. The van der Waals surface area contributed by atoms with Crippen molar-refractivity contribution in [1.82, 2.24) is 4.98 Å². The van der Waals surface area contributed by atoms with E-state index in [1.807, 2.05) is 30.3 Å². The first-order chi connectivity index (χ1) is 11.1. The monoisotopic (exact) mass is 319 g/mol. The molecule has 0 saturated carbocycles. The Morgan fingerprint density at radius 1 is 0.870 bits per heavy atom. The summed E-state index contributed by atoms with van der Waals surface area (Å²) in [7, 11) is 0. The molecule has 3 nitrogen and oxygen atoms in total. The summed E-state index contributed by atoms with van der Waals surface area (Å²) in [5.74, 6) is -0.537. The highest BCUT2D eigenvalue weighted by atomic mass is 35.5. The standard InChI is InChI=1S/C19H10ClNO2/c20-19-12(9-11-5-1-4-8-16(11)21-19)10-15-17(22)13-6-2-3-7-14(13)18(15)23/h1-10H. The molecule has 4 rings (SSSR count). The number of allylic oxidation sites excluding steroid dienone is 1. The molecule has 0 N–H and O–H groups in total. The molecule has 0 atom stereocenters. The second kappa shape index (κ2) is 5.14. The Labute approximate surface area is 137 Å². The molecule has 0 bridgehead atoms. The van der Waals surface area contributed by atoms with Crippen molar-refractivity contribution in [2.24, 2.45) is 0 Å². The zero-order chi connectivity index (χ0) is 16.0. The third-order valence-corrected chi connectivity index (χ3v) is 4.21. The highest BCUT2D eigenvalue weighted by molar-refractivity contribution is 6.41. The van der Waals surface area contributed by atoms with Crippen LogP contribution in [0.3, 0.4) is 0 Å². The van der Waals surface area contributed by atoms with Gasteiger partial charge in [-0.1, -0.05) is 54.1 Å². The average molecular weight is 320 g/mol. The molecule has 0 amide bonds. The second-order valence-electron chi connectivity index (χ2n) is 5.32. The predicted molar refractivity (Wildman–Crippen MR) is 89.8 cm³/mol. The molecule has 1 aliphatic carbocycles. The van der Waals surface area contributed by atoms with Crippen LogP contribution in [0.15, 0.2) is 60.2 Å². The van der Waals surface area contributed by atoms with Crippen LogP contribution in [0, 0.1) is 0 Å². The number of rotatable bonds is 1. The van der Waals surface area contributed by atoms with Crippen molar-refractivity contribution >= 4 is 40.1 Å². The predicted octanol–water partition coefficient (Wildman–Crippen LogP) is 4.35. The van der Waals surface area contributed by atoms with Crippen molar-refractivity contribution in [1.29, 1.82) is 0 Å². The zero-order valence-electron chi connectivity index (χ0n) is 11.9. The minimum Gasteiger partial charge on any atom is -0.288 e. The van der Waals surface area contributed by atoms with E-state index in [9.17, 15) is 9.59 Å². The lowest BCUT2D eigenvalue weighted by Gasteiger charge is -2.03. The highest BCUT2D eigenvalue weighted by Crippen LogP contribution is 2.30. The molecule has 1 heterocycles. The number of para-hydroxylation sites is 1. The van der Waals surface area contributed by atoms with Gasteiger partial charge in [0, 0.05) is 22.1 Å². The number of pyridine rings is 1. The molecular weight excluding hydrogens is 310 g/mol. The Balaban J connectivity index is 1.87. The highest BCUT2D eigenvalue weighted by Gasteiger charge is 2.32. The third-order valence-electron chi connectivity index (χ3n) is 3.91. The molecule has 1 aliphatic rings. The van der Waals surface area contributed by atoms with Gasteiger partial charge in [0.05, 0.1) is 11.1 Å². The zero-order valence-corrected chi connectivity index (χ0v) is 12.7. The first-order valence-corrected chi connectivity index (χ1v) is 7.48. The second-order valence-corrected chi connectivity index (χ2v) is 5.68. The maximum Gasteiger partial charge on any atom is 0.197 e. The summed E-state index contributed by atoms with van der Waals surface area (Å²) in [6, 6.07) is 16.2. The van der Waals surface area contributed by atoms with Gasteiger partial charge in [-0.2, -0.15) is 0 Å². The van der Waals surface area contributed by atoms with Crippen LogP contribution in [0.2, 0.25) is 5.15 Å². The fraction of sp³-hybridized carbons (Fsp3) is 0. The van der Waals surface area contributed by atoms with Crippen molar-refractivity contribution in [3.63, 3.8) is 0 Å². The quantitative estimate of drug-likeness (QED) is 0.380. The van der Waals surface area contributed by atoms with Crippen molar-refractivity contribution in [3.05, 3.63) is 82.0 Å². The van der Waals surface area contributed by atoms with Crippen LogP contribution in [0.25, 0.3) is 17.0 Å². The third kappa shape index (κ3) is 2.17. The topological polar surface area (TPSA) is 47.0 Å². The molecule has 4 heteroatoms. The smallest absolute Gasteiger partial charge is 0.197 e. The minimum atomic E-state index is -0.269. The minimum absolute atomic E-state index is 0.130. The van der Waals surface area contributed by atoms with Crippen molar-refractivity contribution in [2.75, 3.05) is 0 Å². The van der Waals surface area contributed by atoms with Gasteiger partial charge in [-0.3, -0.25) is 9.59 Å². The molecule has 0 aliphatic heterocycles. The maximum atomic E-state index is 12.4. The van der Waals surface area contributed by atoms with E-state index < -0.39 is 0 Å². The number of hydrogen-bond donors (Lipinski definition) is 0. The molecule has 1 aromatic heterocycles. The van der Waals surface area contributed by atoms with Gasteiger partial charge < -0.3 is 0 Å². The van der Waals surface area contributed by atoms with Gasteiger partial charge in [0.25, 0.3) is 0 Å².